The molecule has 0 aliphatic heterocycles. The number of hydrogen-bond acceptors (Lipinski definition) is 1. The number of amides is 1. The molecule has 0 saturated carbocycles. The Morgan fingerprint density at radius 3 is 2.27 bits per heavy atom. The second kappa shape index (κ2) is 8.42. The second-order valence-corrected chi connectivity index (χ2v) is 9.28. The van der Waals surface area contributed by atoms with Gasteiger partial charge in [-0.2, -0.15) is 0 Å². The van der Waals surface area contributed by atoms with Crippen molar-refractivity contribution in [3.8, 4) is 11.1 Å². The molecule has 0 aliphatic rings. The molecule has 0 fully saturated rings. The van der Waals surface area contributed by atoms with E-state index in [9.17, 15) is 4.79 Å². The number of rotatable bonds is 4. The van der Waals surface area contributed by atoms with Gasteiger partial charge in [0.25, 0.3) is 0 Å². The van der Waals surface area contributed by atoms with Crippen LogP contribution in [-0.2, 0) is 6.54 Å². The van der Waals surface area contributed by atoms with Gasteiger partial charge < -0.3 is 10.3 Å². The first-order chi connectivity index (χ1) is 15.8. The van der Waals surface area contributed by atoms with Gasteiger partial charge in [-0.1, -0.05) is 71.2 Å². The van der Waals surface area contributed by atoms with Crippen LogP contribution in [0.25, 0.3) is 32.9 Å². The van der Waals surface area contributed by atoms with Crippen LogP contribution in [0, 0.1) is 6.92 Å². The summed E-state index contributed by atoms with van der Waals surface area (Å²) in [7, 11) is 0. The Kier molecular flexibility index (Phi) is 5.57. The molecule has 0 unspecified atom stereocenters. The zero-order valence-electron chi connectivity index (χ0n) is 17.7. The number of nitrogens with two attached hydrogens (primary N) is 1. The Morgan fingerprint density at radius 2 is 1.58 bits per heavy atom. The van der Waals surface area contributed by atoms with E-state index in [2.05, 4.69) is 16.7 Å². The summed E-state index contributed by atoms with van der Waals surface area (Å²) < 4.78 is 2.17. The van der Waals surface area contributed by atoms with Crippen molar-refractivity contribution < 1.29 is 4.79 Å². The van der Waals surface area contributed by atoms with Gasteiger partial charge in [0, 0.05) is 43.5 Å². The number of primary amides is 1. The molecule has 164 valence electrons. The van der Waals surface area contributed by atoms with Crippen LogP contribution in [0.5, 0.6) is 0 Å². The number of halogens is 3. The lowest BCUT2D eigenvalue weighted by Gasteiger charge is -2.11. The van der Waals surface area contributed by atoms with E-state index < -0.39 is 5.91 Å². The number of carbonyl (C=O) groups is 1. The molecular formula is C27H19Cl3N2O. The Morgan fingerprint density at radius 1 is 0.848 bits per heavy atom. The van der Waals surface area contributed by atoms with Gasteiger partial charge in [-0.05, 0) is 60.0 Å². The van der Waals surface area contributed by atoms with Crippen LogP contribution < -0.4 is 5.73 Å². The molecule has 0 bridgehead atoms. The minimum atomic E-state index is -0.462. The first-order valence-corrected chi connectivity index (χ1v) is 11.5. The van der Waals surface area contributed by atoms with Crippen LogP contribution in [0.4, 0.5) is 0 Å². The number of benzene rings is 4. The SMILES string of the molecule is Cc1ccc(Cn2c3cc(-c4c(Cl)cccc4Cl)ccc3c3c(C(N)=O)cccc32)cc1Cl. The van der Waals surface area contributed by atoms with Crippen LogP contribution in [0.15, 0.2) is 72.8 Å². The predicted octanol–water partition coefficient (Wildman–Crippen LogP) is 7.88. The molecule has 1 amide bonds. The molecule has 1 heterocycles. The summed E-state index contributed by atoms with van der Waals surface area (Å²) >= 11 is 19.4. The second-order valence-electron chi connectivity index (χ2n) is 8.06. The number of nitrogens with zero attached hydrogens (tertiary/aromatic N) is 1. The smallest absolute Gasteiger partial charge is 0.249 e. The van der Waals surface area contributed by atoms with Crippen molar-refractivity contribution in [2.75, 3.05) is 0 Å². The van der Waals surface area contributed by atoms with E-state index in [-0.39, 0.29) is 0 Å². The van der Waals surface area contributed by atoms with Crippen molar-refractivity contribution in [2.45, 2.75) is 13.5 Å². The molecule has 2 N–H and O–H groups in total. The molecule has 0 radical (unpaired) electrons. The van der Waals surface area contributed by atoms with Crippen molar-refractivity contribution in [1.82, 2.24) is 4.57 Å². The number of aromatic nitrogens is 1. The van der Waals surface area contributed by atoms with Gasteiger partial charge in [0.1, 0.15) is 0 Å². The molecular weight excluding hydrogens is 475 g/mol. The van der Waals surface area contributed by atoms with Crippen LogP contribution in [0.2, 0.25) is 15.1 Å². The van der Waals surface area contributed by atoms with Crippen molar-refractivity contribution in [1.29, 1.82) is 0 Å². The van der Waals surface area contributed by atoms with E-state index in [1.54, 1.807) is 6.07 Å². The van der Waals surface area contributed by atoms with Gasteiger partial charge in [-0.3, -0.25) is 4.79 Å². The highest BCUT2D eigenvalue weighted by Gasteiger charge is 2.18. The number of aryl methyl sites for hydroxylation is 1. The minimum absolute atomic E-state index is 0.462. The molecule has 3 nitrogen and oxygen atoms in total. The fraction of sp³-hybridized carbons (Fsp3) is 0.0741. The van der Waals surface area contributed by atoms with E-state index in [1.807, 2.05) is 61.5 Å². The number of fused-ring (bicyclic) bond motifs is 3. The van der Waals surface area contributed by atoms with Gasteiger partial charge in [0.05, 0.1) is 11.0 Å². The van der Waals surface area contributed by atoms with Gasteiger partial charge in [0.2, 0.25) is 5.91 Å². The predicted molar refractivity (Wildman–Crippen MR) is 139 cm³/mol. The molecule has 0 spiro atoms. The fourth-order valence-corrected chi connectivity index (χ4v) is 5.19. The summed E-state index contributed by atoms with van der Waals surface area (Å²) in [6.45, 7) is 2.55. The van der Waals surface area contributed by atoms with Crippen LogP contribution in [0.1, 0.15) is 21.5 Å². The zero-order chi connectivity index (χ0) is 23.3. The third-order valence-corrected chi connectivity index (χ3v) is 7.02. The molecule has 0 atom stereocenters. The normalized spacial score (nSPS) is 11.4. The topological polar surface area (TPSA) is 48.0 Å². The molecule has 5 rings (SSSR count). The number of carbonyl (C=O) groups excluding carboxylic acids is 1. The van der Waals surface area contributed by atoms with Gasteiger partial charge in [-0.15, -0.1) is 0 Å². The quantitative estimate of drug-likeness (QED) is 0.272. The van der Waals surface area contributed by atoms with E-state index in [1.165, 1.54) is 0 Å². The first kappa shape index (κ1) is 21.8. The van der Waals surface area contributed by atoms with Gasteiger partial charge in [-0.25, -0.2) is 0 Å². The highest BCUT2D eigenvalue weighted by Crippen LogP contribution is 2.39. The van der Waals surface area contributed by atoms with Crippen molar-refractivity contribution in [2.24, 2.45) is 5.73 Å². The molecule has 6 heteroatoms. The zero-order valence-corrected chi connectivity index (χ0v) is 20.0. The summed E-state index contributed by atoms with van der Waals surface area (Å²) in [5.74, 6) is -0.462. The summed E-state index contributed by atoms with van der Waals surface area (Å²) in [4.78, 5) is 12.2. The Bertz CT molecular complexity index is 1550. The molecule has 4 aromatic carbocycles. The Hall–Kier alpha value is -2.98. The maximum Gasteiger partial charge on any atom is 0.249 e. The summed E-state index contributed by atoms with van der Waals surface area (Å²) in [6, 6.07) is 23.2. The summed E-state index contributed by atoms with van der Waals surface area (Å²) in [6.07, 6.45) is 0. The van der Waals surface area contributed by atoms with E-state index in [0.717, 1.165) is 49.1 Å². The molecule has 33 heavy (non-hydrogen) atoms. The third-order valence-electron chi connectivity index (χ3n) is 5.98. The Labute approximate surface area is 206 Å². The Balaban J connectivity index is 1.82. The highest BCUT2D eigenvalue weighted by atomic mass is 35.5. The standard InChI is InChI=1S/C27H19Cl3N2O/c1-15-8-9-16(12-22(15)30)14-32-23-7-2-4-19(27(31)33)26(23)18-11-10-17(13-24(18)32)25-20(28)5-3-6-21(25)29/h2-13H,14H2,1H3,(H2,31,33). The largest absolute Gasteiger partial charge is 0.366 e. The lowest BCUT2D eigenvalue weighted by Crippen LogP contribution is -2.11. The van der Waals surface area contributed by atoms with Gasteiger partial charge >= 0.3 is 0 Å². The van der Waals surface area contributed by atoms with Crippen LogP contribution >= 0.6 is 34.8 Å². The van der Waals surface area contributed by atoms with Crippen molar-refractivity contribution in [3.63, 3.8) is 0 Å². The lowest BCUT2D eigenvalue weighted by molar-refractivity contribution is 0.100. The van der Waals surface area contributed by atoms with Crippen LogP contribution in [-0.4, -0.2) is 10.5 Å². The van der Waals surface area contributed by atoms with Crippen LogP contribution in [0.3, 0.4) is 0 Å². The molecule has 1 aromatic heterocycles. The van der Waals surface area contributed by atoms with E-state index in [0.29, 0.717) is 22.2 Å². The van der Waals surface area contributed by atoms with Gasteiger partial charge in [0.15, 0.2) is 0 Å². The third kappa shape index (κ3) is 3.76. The molecule has 0 saturated heterocycles. The summed E-state index contributed by atoms with van der Waals surface area (Å²) in [5, 5.41) is 3.63. The van der Waals surface area contributed by atoms with E-state index in [4.69, 9.17) is 40.5 Å². The molecule has 5 aromatic rings. The monoisotopic (exact) mass is 492 g/mol. The first-order valence-electron chi connectivity index (χ1n) is 10.4. The lowest BCUT2D eigenvalue weighted by atomic mass is 10.0. The summed E-state index contributed by atoms with van der Waals surface area (Å²) in [5.41, 5.74) is 11.8. The average Bonchev–Trinajstić information content (AvgIpc) is 3.09. The maximum atomic E-state index is 12.2. The maximum absolute atomic E-state index is 12.2. The molecule has 0 aliphatic carbocycles. The van der Waals surface area contributed by atoms with Crippen molar-refractivity contribution >= 4 is 62.5 Å². The van der Waals surface area contributed by atoms with E-state index >= 15 is 0 Å². The van der Waals surface area contributed by atoms with Crippen molar-refractivity contribution in [3.05, 3.63) is 105 Å². The average molecular weight is 494 g/mol. The number of hydrogen-bond donors (Lipinski definition) is 1. The minimum Gasteiger partial charge on any atom is -0.366 e. The fourth-order valence-electron chi connectivity index (χ4n) is 4.37. The highest BCUT2D eigenvalue weighted by molar-refractivity contribution is 6.39.